The number of hydrogen-bond donors (Lipinski definition) is 1. The van der Waals surface area contributed by atoms with Gasteiger partial charge in [0.1, 0.15) is 12.4 Å². The lowest BCUT2D eigenvalue weighted by molar-refractivity contribution is -0.139. The molecule has 5 heteroatoms. The SMILES string of the molecule is CC(C)=C(C(=O)OCCC#N)[C@H](c1ccc(C#N)cc1C)c1cc(C)ccc1O. The van der Waals surface area contributed by atoms with Crippen LogP contribution in [0.25, 0.3) is 0 Å². The van der Waals surface area contributed by atoms with Crippen LogP contribution in [0.3, 0.4) is 0 Å². The predicted molar refractivity (Wildman–Crippen MR) is 110 cm³/mol. The van der Waals surface area contributed by atoms with E-state index in [1.54, 1.807) is 24.3 Å². The highest BCUT2D eigenvalue weighted by atomic mass is 16.5. The van der Waals surface area contributed by atoms with E-state index in [1.807, 2.05) is 45.9 Å². The van der Waals surface area contributed by atoms with Gasteiger partial charge < -0.3 is 9.84 Å². The third-order valence-corrected chi connectivity index (χ3v) is 4.70. The minimum atomic E-state index is -0.567. The number of aromatic hydroxyl groups is 1. The number of aryl methyl sites for hydroxylation is 2. The van der Waals surface area contributed by atoms with Gasteiger partial charge in [0, 0.05) is 17.1 Å². The molecule has 0 amide bonds. The first kappa shape index (κ1) is 21.7. The predicted octanol–water partition coefficient (Wildman–Crippen LogP) is 4.81. The maximum absolute atomic E-state index is 13.0. The summed E-state index contributed by atoms with van der Waals surface area (Å²) >= 11 is 0. The number of phenols is 1. The molecule has 0 spiro atoms. The molecule has 1 atom stereocenters. The van der Waals surface area contributed by atoms with Crippen LogP contribution >= 0.6 is 0 Å². The average molecular weight is 388 g/mol. The molecule has 0 unspecified atom stereocenters. The summed E-state index contributed by atoms with van der Waals surface area (Å²) in [5, 5.41) is 28.5. The molecule has 0 aliphatic carbocycles. The number of rotatable bonds is 6. The quantitative estimate of drug-likeness (QED) is 0.435. The van der Waals surface area contributed by atoms with Gasteiger partial charge in [0.05, 0.1) is 24.1 Å². The van der Waals surface area contributed by atoms with Crippen LogP contribution in [0.4, 0.5) is 0 Å². The second kappa shape index (κ2) is 9.57. The Bertz CT molecular complexity index is 1040. The van der Waals surface area contributed by atoms with E-state index >= 15 is 0 Å². The summed E-state index contributed by atoms with van der Waals surface area (Å²) in [6.45, 7) is 7.43. The number of esters is 1. The summed E-state index contributed by atoms with van der Waals surface area (Å²) in [6, 6.07) is 14.6. The first-order valence-corrected chi connectivity index (χ1v) is 9.31. The maximum Gasteiger partial charge on any atom is 0.334 e. The number of hydrogen-bond acceptors (Lipinski definition) is 5. The van der Waals surface area contributed by atoms with E-state index in [9.17, 15) is 15.2 Å². The molecule has 2 rings (SSSR count). The fourth-order valence-electron chi connectivity index (χ4n) is 3.33. The molecule has 0 aromatic heterocycles. The van der Waals surface area contributed by atoms with E-state index in [-0.39, 0.29) is 18.8 Å². The molecule has 0 aliphatic heterocycles. The standard InChI is InChI=1S/C24H24N2O3/c1-15(2)22(24(28)29-11-5-10-25)23(20-12-16(3)6-9-21(20)27)19-8-7-18(14-26)13-17(19)4/h6-9,12-13,23,27H,5,11H2,1-4H3/t23-/m1/s1. The van der Waals surface area contributed by atoms with Gasteiger partial charge in [-0.1, -0.05) is 29.3 Å². The Balaban J connectivity index is 2.71. The fourth-order valence-corrected chi connectivity index (χ4v) is 3.33. The van der Waals surface area contributed by atoms with E-state index in [0.717, 1.165) is 22.3 Å². The Morgan fingerprint density at radius 3 is 2.41 bits per heavy atom. The van der Waals surface area contributed by atoms with Gasteiger partial charge in [0.15, 0.2) is 0 Å². The van der Waals surface area contributed by atoms with Gasteiger partial charge in [-0.05, 0) is 57.0 Å². The summed E-state index contributed by atoms with van der Waals surface area (Å²) in [4.78, 5) is 13.0. The molecule has 2 aromatic carbocycles. The number of nitrogens with zero attached hydrogens (tertiary/aromatic N) is 2. The van der Waals surface area contributed by atoms with E-state index in [2.05, 4.69) is 6.07 Å². The molecule has 5 nitrogen and oxygen atoms in total. The molecule has 0 heterocycles. The Kier molecular flexibility index (Phi) is 7.17. The van der Waals surface area contributed by atoms with Crippen molar-refractivity contribution in [3.63, 3.8) is 0 Å². The molecule has 0 aliphatic rings. The Labute approximate surface area is 171 Å². The van der Waals surface area contributed by atoms with Gasteiger partial charge in [-0.15, -0.1) is 0 Å². The van der Waals surface area contributed by atoms with E-state index < -0.39 is 11.9 Å². The van der Waals surface area contributed by atoms with Crippen LogP contribution in [0.1, 0.15) is 54.0 Å². The van der Waals surface area contributed by atoms with Crippen LogP contribution in [-0.2, 0) is 9.53 Å². The van der Waals surface area contributed by atoms with Crippen molar-refractivity contribution in [1.82, 2.24) is 0 Å². The van der Waals surface area contributed by atoms with Crippen molar-refractivity contribution < 1.29 is 14.6 Å². The Morgan fingerprint density at radius 1 is 1.10 bits per heavy atom. The molecule has 0 bridgehead atoms. The van der Waals surface area contributed by atoms with Crippen LogP contribution in [0, 0.1) is 36.5 Å². The summed E-state index contributed by atoms with van der Waals surface area (Å²) < 4.78 is 5.33. The topological polar surface area (TPSA) is 94.1 Å². The first-order chi connectivity index (χ1) is 13.8. The van der Waals surface area contributed by atoms with Gasteiger partial charge >= 0.3 is 5.97 Å². The second-order valence-electron chi connectivity index (χ2n) is 7.14. The van der Waals surface area contributed by atoms with Crippen molar-refractivity contribution in [2.75, 3.05) is 6.61 Å². The molecular weight excluding hydrogens is 364 g/mol. The van der Waals surface area contributed by atoms with Gasteiger partial charge in [-0.3, -0.25) is 0 Å². The second-order valence-corrected chi connectivity index (χ2v) is 7.14. The van der Waals surface area contributed by atoms with Gasteiger partial charge in [-0.2, -0.15) is 10.5 Å². The number of benzene rings is 2. The highest BCUT2D eigenvalue weighted by molar-refractivity contribution is 5.92. The molecule has 0 fully saturated rings. The molecule has 29 heavy (non-hydrogen) atoms. The van der Waals surface area contributed by atoms with Crippen molar-refractivity contribution in [2.24, 2.45) is 0 Å². The summed E-state index contributed by atoms with van der Waals surface area (Å²) in [6.07, 6.45) is 0.109. The number of nitriles is 2. The third-order valence-electron chi connectivity index (χ3n) is 4.70. The lowest BCUT2D eigenvalue weighted by Gasteiger charge is -2.25. The number of phenolic OH excluding ortho intramolecular Hbond substituents is 1. The fraction of sp³-hybridized carbons (Fsp3) is 0.292. The molecule has 0 saturated carbocycles. The molecule has 1 N–H and O–H groups in total. The number of carbonyl (C=O) groups excluding carboxylic acids is 1. The van der Waals surface area contributed by atoms with Crippen LogP contribution < -0.4 is 0 Å². The lowest BCUT2D eigenvalue weighted by Crippen LogP contribution is -2.19. The number of ether oxygens (including phenoxy) is 1. The van der Waals surface area contributed by atoms with Crippen LogP contribution in [0.15, 0.2) is 47.5 Å². The number of allylic oxidation sites excluding steroid dienone is 1. The highest BCUT2D eigenvalue weighted by Gasteiger charge is 2.30. The number of carbonyl (C=O) groups is 1. The lowest BCUT2D eigenvalue weighted by atomic mass is 9.80. The average Bonchev–Trinajstić information content (AvgIpc) is 2.68. The summed E-state index contributed by atoms with van der Waals surface area (Å²) in [5.74, 6) is -1.01. The Hall–Kier alpha value is -3.57. The van der Waals surface area contributed by atoms with Crippen molar-refractivity contribution >= 4 is 5.97 Å². The van der Waals surface area contributed by atoms with Crippen molar-refractivity contribution in [3.8, 4) is 17.9 Å². The van der Waals surface area contributed by atoms with Crippen LogP contribution in [0.2, 0.25) is 0 Å². The zero-order chi connectivity index (χ0) is 21.6. The van der Waals surface area contributed by atoms with E-state index in [0.29, 0.717) is 16.7 Å². The largest absolute Gasteiger partial charge is 0.508 e. The Morgan fingerprint density at radius 2 is 1.83 bits per heavy atom. The van der Waals surface area contributed by atoms with Gasteiger partial charge in [0.2, 0.25) is 0 Å². The molecule has 2 aromatic rings. The zero-order valence-corrected chi connectivity index (χ0v) is 17.1. The molecule has 148 valence electrons. The van der Waals surface area contributed by atoms with E-state index in [1.165, 1.54) is 0 Å². The minimum Gasteiger partial charge on any atom is -0.508 e. The molecule has 0 saturated heterocycles. The van der Waals surface area contributed by atoms with Crippen molar-refractivity contribution in [3.05, 3.63) is 75.4 Å². The smallest absolute Gasteiger partial charge is 0.334 e. The maximum atomic E-state index is 13.0. The minimum absolute atomic E-state index is 0.00495. The summed E-state index contributed by atoms with van der Waals surface area (Å²) in [5.41, 5.74) is 4.86. The van der Waals surface area contributed by atoms with Crippen molar-refractivity contribution in [2.45, 2.75) is 40.0 Å². The van der Waals surface area contributed by atoms with Crippen molar-refractivity contribution in [1.29, 1.82) is 10.5 Å². The summed E-state index contributed by atoms with van der Waals surface area (Å²) in [7, 11) is 0. The monoisotopic (exact) mass is 388 g/mol. The molecule has 0 radical (unpaired) electrons. The normalized spacial score (nSPS) is 11.1. The first-order valence-electron chi connectivity index (χ1n) is 9.31. The van der Waals surface area contributed by atoms with Crippen LogP contribution in [-0.4, -0.2) is 17.7 Å². The highest BCUT2D eigenvalue weighted by Crippen LogP contribution is 2.40. The van der Waals surface area contributed by atoms with E-state index in [4.69, 9.17) is 10.00 Å². The van der Waals surface area contributed by atoms with Crippen LogP contribution in [0.5, 0.6) is 5.75 Å². The molecular formula is C24H24N2O3. The third kappa shape index (κ3) is 5.03. The van der Waals surface area contributed by atoms with Gasteiger partial charge in [0.25, 0.3) is 0 Å². The van der Waals surface area contributed by atoms with Gasteiger partial charge in [-0.25, -0.2) is 4.79 Å². The zero-order valence-electron chi connectivity index (χ0n) is 17.1.